The Morgan fingerprint density at radius 1 is 1.10 bits per heavy atom. The molecule has 0 fully saturated rings. The predicted octanol–water partition coefficient (Wildman–Crippen LogP) is 2.78. The zero-order valence-corrected chi connectivity index (χ0v) is 10.9. The standard InChI is InChI=1S/C14H16F3N3/c15-14(16,17)11-20-10-13(9-19-20)8-18-7-6-12-4-2-1-3-5-12/h1-5,9-10,18H,6-8,11H2. The van der Waals surface area contributed by atoms with Crippen LogP contribution in [-0.2, 0) is 19.5 Å². The van der Waals surface area contributed by atoms with Crippen LogP contribution in [0.3, 0.4) is 0 Å². The Bertz CT molecular complexity index is 520. The maximum absolute atomic E-state index is 12.2. The highest BCUT2D eigenvalue weighted by Crippen LogP contribution is 2.17. The normalized spacial score (nSPS) is 11.8. The summed E-state index contributed by atoms with van der Waals surface area (Å²) in [7, 11) is 0. The smallest absolute Gasteiger partial charge is 0.312 e. The van der Waals surface area contributed by atoms with Crippen molar-refractivity contribution in [1.29, 1.82) is 0 Å². The molecule has 1 N–H and O–H groups in total. The van der Waals surface area contributed by atoms with Crippen LogP contribution in [0, 0.1) is 0 Å². The third-order valence-corrected chi connectivity index (χ3v) is 2.79. The van der Waals surface area contributed by atoms with E-state index in [1.165, 1.54) is 18.0 Å². The summed E-state index contributed by atoms with van der Waals surface area (Å²) in [4.78, 5) is 0. The maximum atomic E-state index is 12.2. The summed E-state index contributed by atoms with van der Waals surface area (Å²) in [6, 6.07) is 10.0. The van der Waals surface area contributed by atoms with Gasteiger partial charge in [-0.1, -0.05) is 30.3 Å². The average molecular weight is 283 g/mol. The minimum Gasteiger partial charge on any atom is -0.312 e. The summed E-state index contributed by atoms with van der Waals surface area (Å²) in [5.41, 5.74) is 1.98. The number of nitrogens with one attached hydrogen (secondary N) is 1. The molecule has 1 heterocycles. The first-order valence-electron chi connectivity index (χ1n) is 6.36. The topological polar surface area (TPSA) is 29.9 Å². The van der Waals surface area contributed by atoms with Gasteiger partial charge in [0.25, 0.3) is 0 Å². The molecule has 0 radical (unpaired) electrons. The van der Waals surface area contributed by atoms with Gasteiger partial charge in [-0.3, -0.25) is 4.68 Å². The highest BCUT2D eigenvalue weighted by atomic mass is 19.4. The van der Waals surface area contributed by atoms with Gasteiger partial charge in [0.15, 0.2) is 0 Å². The van der Waals surface area contributed by atoms with Crippen molar-refractivity contribution in [3.8, 4) is 0 Å². The zero-order chi connectivity index (χ0) is 14.4. The van der Waals surface area contributed by atoms with Crippen molar-refractivity contribution in [3.05, 3.63) is 53.9 Å². The quantitative estimate of drug-likeness (QED) is 0.826. The lowest BCUT2D eigenvalue weighted by molar-refractivity contribution is -0.142. The van der Waals surface area contributed by atoms with Crippen molar-refractivity contribution in [2.45, 2.75) is 25.7 Å². The molecule has 0 aliphatic heterocycles. The monoisotopic (exact) mass is 283 g/mol. The van der Waals surface area contributed by atoms with Crippen LogP contribution in [0.1, 0.15) is 11.1 Å². The summed E-state index contributed by atoms with van der Waals surface area (Å²) >= 11 is 0. The highest BCUT2D eigenvalue weighted by molar-refractivity contribution is 5.14. The molecule has 2 rings (SSSR count). The molecule has 0 unspecified atom stereocenters. The van der Waals surface area contributed by atoms with Gasteiger partial charge in [-0.05, 0) is 18.5 Å². The molecule has 0 spiro atoms. The van der Waals surface area contributed by atoms with Gasteiger partial charge in [0, 0.05) is 18.3 Å². The lowest BCUT2D eigenvalue weighted by atomic mass is 10.1. The largest absolute Gasteiger partial charge is 0.408 e. The van der Waals surface area contributed by atoms with Crippen molar-refractivity contribution in [2.75, 3.05) is 6.54 Å². The first kappa shape index (κ1) is 14.6. The fourth-order valence-electron chi connectivity index (χ4n) is 1.88. The molecule has 1 aromatic carbocycles. The molecule has 0 atom stereocenters. The number of rotatable bonds is 6. The molecule has 0 saturated heterocycles. The second kappa shape index (κ2) is 6.56. The van der Waals surface area contributed by atoms with Crippen molar-refractivity contribution >= 4 is 0 Å². The summed E-state index contributed by atoms with van der Waals surface area (Å²) in [5.74, 6) is 0. The van der Waals surface area contributed by atoms with E-state index in [0.29, 0.717) is 6.54 Å². The zero-order valence-electron chi connectivity index (χ0n) is 10.9. The van der Waals surface area contributed by atoms with Crippen LogP contribution < -0.4 is 5.32 Å². The third kappa shape index (κ3) is 5.05. The molecule has 0 bridgehead atoms. The SMILES string of the molecule is FC(F)(F)Cn1cc(CNCCc2ccccc2)cn1. The summed E-state index contributed by atoms with van der Waals surface area (Å²) in [5, 5.41) is 6.89. The summed E-state index contributed by atoms with van der Waals surface area (Å²) < 4.78 is 37.4. The fourth-order valence-corrected chi connectivity index (χ4v) is 1.88. The lowest BCUT2D eigenvalue weighted by Gasteiger charge is -2.05. The summed E-state index contributed by atoms with van der Waals surface area (Å²) in [6.45, 7) is 0.246. The molecule has 0 amide bonds. The Balaban J connectivity index is 1.72. The molecule has 0 aliphatic rings. The Morgan fingerprint density at radius 3 is 2.55 bits per heavy atom. The second-order valence-electron chi connectivity index (χ2n) is 4.57. The Kier molecular flexibility index (Phi) is 4.79. The summed E-state index contributed by atoms with van der Waals surface area (Å²) in [6.07, 6.45) is -0.466. The van der Waals surface area contributed by atoms with Gasteiger partial charge < -0.3 is 5.32 Å². The van der Waals surface area contributed by atoms with Crippen LogP contribution in [0.2, 0.25) is 0 Å². The number of hydrogen-bond acceptors (Lipinski definition) is 2. The van der Waals surface area contributed by atoms with E-state index in [1.54, 1.807) is 0 Å². The lowest BCUT2D eigenvalue weighted by Crippen LogP contribution is -2.18. The van der Waals surface area contributed by atoms with E-state index in [2.05, 4.69) is 10.4 Å². The van der Waals surface area contributed by atoms with E-state index in [0.717, 1.165) is 23.2 Å². The van der Waals surface area contributed by atoms with Crippen molar-refractivity contribution in [1.82, 2.24) is 15.1 Å². The van der Waals surface area contributed by atoms with Crippen LogP contribution in [0.5, 0.6) is 0 Å². The van der Waals surface area contributed by atoms with Gasteiger partial charge in [0.2, 0.25) is 0 Å². The van der Waals surface area contributed by atoms with Gasteiger partial charge in [-0.2, -0.15) is 18.3 Å². The first-order chi connectivity index (χ1) is 9.53. The number of halogens is 3. The molecule has 6 heteroatoms. The number of hydrogen-bond donors (Lipinski definition) is 1. The minimum atomic E-state index is -4.23. The molecule has 2 aromatic rings. The van der Waals surface area contributed by atoms with Crippen molar-refractivity contribution in [3.63, 3.8) is 0 Å². The molecule has 0 aliphatic carbocycles. The number of alkyl halides is 3. The number of aromatic nitrogens is 2. The van der Waals surface area contributed by atoms with E-state index in [4.69, 9.17) is 0 Å². The van der Waals surface area contributed by atoms with Crippen molar-refractivity contribution < 1.29 is 13.2 Å². The molecule has 20 heavy (non-hydrogen) atoms. The van der Waals surface area contributed by atoms with E-state index < -0.39 is 12.7 Å². The van der Waals surface area contributed by atoms with E-state index in [1.807, 2.05) is 30.3 Å². The molecule has 108 valence electrons. The van der Waals surface area contributed by atoms with Gasteiger partial charge in [-0.15, -0.1) is 0 Å². The number of nitrogens with zero attached hydrogens (tertiary/aromatic N) is 2. The second-order valence-corrected chi connectivity index (χ2v) is 4.57. The molecular weight excluding hydrogens is 267 g/mol. The Hall–Kier alpha value is -1.82. The average Bonchev–Trinajstić information content (AvgIpc) is 2.81. The third-order valence-electron chi connectivity index (χ3n) is 2.79. The van der Waals surface area contributed by atoms with Crippen molar-refractivity contribution in [2.24, 2.45) is 0 Å². The van der Waals surface area contributed by atoms with E-state index in [-0.39, 0.29) is 0 Å². The van der Waals surface area contributed by atoms with Crippen LogP contribution in [0.4, 0.5) is 13.2 Å². The molecule has 0 saturated carbocycles. The van der Waals surface area contributed by atoms with Gasteiger partial charge in [-0.25, -0.2) is 0 Å². The van der Waals surface area contributed by atoms with Gasteiger partial charge >= 0.3 is 6.18 Å². The van der Waals surface area contributed by atoms with Crippen LogP contribution in [0.25, 0.3) is 0 Å². The van der Waals surface area contributed by atoms with E-state index >= 15 is 0 Å². The minimum absolute atomic E-state index is 0.519. The Labute approximate surface area is 115 Å². The Morgan fingerprint density at radius 2 is 1.85 bits per heavy atom. The van der Waals surface area contributed by atoms with Crippen LogP contribution in [0.15, 0.2) is 42.7 Å². The van der Waals surface area contributed by atoms with Crippen LogP contribution in [-0.4, -0.2) is 22.5 Å². The fraction of sp³-hybridized carbons (Fsp3) is 0.357. The van der Waals surface area contributed by atoms with Gasteiger partial charge in [0.1, 0.15) is 6.54 Å². The predicted molar refractivity (Wildman–Crippen MR) is 70.1 cm³/mol. The number of benzene rings is 1. The molecular formula is C14H16F3N3. The highest BCUT2D eigenvalue weighted by Gasteiger charge is 2.28. The molecule has 3 nitrogen and oxygen atoms in total. The van der Waals surface area contributed by atoms with Crippen LogP contribution >= 0.6 is 0 Å². The maximum Gasteiger partial charge on any atom is 0.408 e. The van der Waals surface area contributed by atoms with E-state index in [9.17, 15) is 13.2 Å². The first-order valence-corrected chi connectivity index (χ1v) is 6.36. The molecule has 1 aromatic heterocycles. The van der Waals surface area contributed by atoms with Gasteiger partial charge in [0.05, 0.1) is 6.20 Å².